The van der Waals surface area contributed by atoms with Gasteiger partial charge in [-0.25, -0.2) is 15.5 Å². The van der Waals surface area contributed by atoms with Crippen LogP contribution in [0.3, 0.4) is 0 Å². The average molecular weight is 731 g/mol. The van der Waals surface area contributed by atoms with Crippen LogP contribution in [0.1, 0.15) is 78.4 Å². The van der Waals surface area contributed by atoms with Crippen LogP contribution in [-0.2, 0) is 24.9 Å². The van der Waals surface area contributed by atoms with E-state index in [2.05, 4.69) is 31.2 Å². The molecule has 0 unspecified atom stereocenters. The van der Waals surface area contributed by atoms with Crippen LogP contribution in [0.5, 0.6) is 0 Å². The van der Waals surface area contributed by atoms with E-state index in [1.165, 1.54) is 17.7 Å². The molecule has 0 aliphatic heterocycles. The molecule has 0 atom stereocenters. The smallest absolute Gasteiger partial charge is 0.164 e. The normalized spacial score (nSPS) is 12.1. The van der Waals surface area contributed by atoms with Crippen molar-refractivity contribution in [3.8, 4) is 11.1 Å². The van der Waals surface area contributed by atoms with Gasteiger partial charge in [0.05, 0.1) is 0 Å². The summed E-state index contributed by atoms with van der Waals surface area (Å²) in [5, 5.41) is 13.8. The summed E-state index contributed by atoms with van der Waals surface area (Å²) in [7, 11) is 0. The Morgan fingerprint density at radius 3 is 2.02 bits per heavy atom. The molecule has 221 valence electrons. The number of hydrogen-bond donors (Lipinski definition) is 1. The van der Waals surface area contributed by atoms with Gasteiger partial charge in [-0.15, -0.1) is 40.1 Å². The van der Waals surface area contributed by atoms with Crippen molar-refractivity contribution in [1.82, 2.24) is 0 Å². The van der Waals surface area contributed by atoms with Gasteiger partial charge in [-0.3, -0.25) is 4.79 Å². The Bertz CT molecular complexity index is 1510. The summed E-state index contributed by atoms with van der Waals surface area (Å²) >= 11 is 0. The predicted molar refractivity (Wildman–Crippen MR) is 167 cm³/mol. The molecule has 1 radical (unpaired) electrons. The minimum absolute atomic E-state index is 0. The van der Waals surface area contributed by atoms with Crippen LogP contribution in [0, 0.1) is 42.6 Å². The predicted octanol–water partition coefficient (Wildman–Crippen LogP) is 10.7. The fourth-order valence-electron chi connectivity index (χ4n) is 4.96. The number of aliphatic hydroxyl groups is 1. The number of carbonyl (C=O) groups is 1. The van der Waals surface area contributed by atoms with Gasteiger partial charge in [0.15, 0.2) is 5.78 Å². The summed E-state index contributed by atoms with van der Waals surface area (Å²) in [5.41, 5.74) is 3.75. The second-order valence-electron chi connectivity index (χ2n) is 11.4. The maximum absolute atomic E-state index is 14.0. The van der Waals surface area contributed by atoms with E-state index in [1.807, 2.05) is 78.8 Å². The van der Waals surface area contributed by atoms with Crippen molar-refractivity contribution in [2.75, 3.05) is 0 Å². The molecule has 1 N–H and O–H groups in total. The van der Waals surface area contributed by atoms with Gasteiger partial charge in [0.25, 0.3) is 0 Å². The van der Waals surface area contributed by atoms with E-state index >= 15 is 0 Å². The Balaban J connectivity index is 0.000000296. The number of allylic oxidation sites excluding steroid dienone is 2. The van der Waals surface area contributed by atoms with Crippen molar-refractivity contribution in [3.05, 3.63) is 95.5 Å². The first-order chi connectivity index (χ1) is 18.9. The van der Waals surface area contributed by atoms with Crippen molar-refractivity contribution >= 4 is 27.3 Å². The molecule has 0 fully saturated rings. The van der Waals surface area contributed by atoms with Gasteiger partial charge in [-0.1, -0.05) is 73.6 Å². The van der Waals surface area contributed by atoms with Crippen molar-refractivity contribution in [2.45, 2.75) is 81.1 Å². The topological polar surface area (TPSA) is 37.3 Å². The standard InChI is InChI=1S/C22H15F.C15H28O2.Ir/c1-14-11-15(2)13-16(12-14)17-5-3-6-18-19-7-4-8-22(23)21(19)10-9-20(17)18;1-7-14(5,8-2)12(16)11-13(17)15(6,9-3)10-4;/h3-4,6-12H,1-2H3;11,16H,7-10H2,1-6H3;/q-2;;. The van der Waals surface area contributed by atoms with Crippen LogP contribution in [-0.4, -0.2) is 10.9 Å². The Hall–Kier alpha value is -2.81. The van der Waals surface area contributed by atoms with Crippen LogP contribution >= 0.6 is 0 Å². The van der Waals surface area contributed by atoms with Gasteiger partial charge in [-0.05, 0) is 37.1 Å². The largest absolute Gasteiger partial charge is 0.512 e. The van der Waals surface area contributed by atoms with Crippen molar-refractivity contribution in [2.24, 2.45) is 10.8 Å². The van der Waals surface area contributed by atoms with Crippen LogP contribution < -0.4 is 0 Å². The Labute approximate surface area is 259 Å². The molecule has 4 rings (SSSR count). The summed E-state index contributed by atoms with van der Waals surface area (Å²) < 4.78 is 14.0. The van der Waals surface area contributed by atoms with E-state index in [-0.39, 0.29) is 48.3 Å². The quantitative estimate of drug-likeness (QED) is 0.0848. The number of carbonyl (C=O) groups excluding carboxylic acids is 1. The molecule has 0 saturated carbocycles. The maximum atomic E-state index is 14.0. The van der Waals surface area contributed by atoms with Gasteiger partial charge < -0.3 is 5.11 Å². The number of halogens is 1. The zero-order valence-electron chi connectivity index (χ0n) is 25.7. The van der Waals surface area contributed by atoms with Crippen molar-refractivity contribution in [1.29, 1.82) is 0 Å². The molecule has 0 saturated heterocycles. The molecule has 2 nitrogen and oxygen atoms in total. The van der Waals surface area contributed by atoms with E-state index in [0.29, 0.717) is 5.39 Å². The van der Waals surface area contributed by atoms with Crippen LogP contribution in [0.4, 0.5) is 4.39 Å². The van der Waals surface area contributed by atoms with Crippen LogP contribution in [0.25, 0.3) is 32.7 Å². The maximum Gasteiger partial charge on any atom is 0.164 e. The zero-order valence-corrected chi connectivity index (χ0v) is 28.1. The molecule has 4 aromatic rings. The van der Waals surface area contributed by atoms with Gasteiger partial charge in [0.1, 0.15) is 11.6 Å². The van der Waals surface area contributed by atoms with E-state index in [0.717, 1.165) is 58.5 Å². The molecule has 0 bridgehead atoms. The molecule has 0 amide bonds. The molecule has 0 heterocycles. The third-order valence-electron chi connectivity index (χ3n) is 8.82. The summed E-state index contributed by atoms with van der Waals surface area (Å²) in [6.45, 7) is 16.2. The molecular weight excluding hydrogens is 688 g/mol. The van der Waals surface area contributed by atoms with Crippen LogP contribution in [0.2, 0.25) is 0 Å². The molecular formula is C37H43FIrO2-2. The zero-order chi connectivity index (χ0) is 29.7. The minimum Gasteiger partial charge on any atom is -0.512 e. The van der Waals surface area contributed by atoms with E-state index in [9.17, 15) is 14.3 Å². The van der Waals surface area contributed by atoms with E-state index < -0.39 is 0 Å². The third kappa shape index (κ3) is 7.53. The molecule has 4 heteroatoms. The fourth-order valence-corrected chi connectivity index (χ4v) is 4.96. The molecule has 41 heavy (non-hydrogen) atoms. The molecule has 0 spiro atoms. The second-order valence-corrected chi connectivity index (χ2v) is 11.4. The summed E-state index contributed by atoms with van der Waals surface area (Å²) in [6.07, 6.45) is 4.75. The number of aryl methyl sites for hydroxylation is 2. The second kappa shape index (κ2) is 14.4. The van der Waals surface area contributed by atoms with Crippen molar-refractivity contribution in [3.63, 3.8) is 0 Å². The summed E-state index contributed by atoms with van der Waals surface area (Å²) in [4.78, 5) is 12.2. The van der Waals surface area contributed by atoms with Crippen molar-refractivity contribution < 1.29 is 34.4 Å². The molecule has 0 aromatic heterocycles. The number of ketones is 1. The number of fused-ring (bicyclic) bond motifs is 3. The number of rotatable bonds is 8. The summed E-state index contributed by atoms with van der Waals surface area (Å²) in [5.74, 6) is 0.102. The molecule has 0 aliphatic carbocycles. The fraction of sp³-hybridized carbons (Fsp3) is 0.378. The average Bonchev–Trinajstić information content (AvgIpc) is 2.95. The monoisotopic (exact) mass is 731 g/mol. The number of aliphatic hydroxyl groups excluding tert-OH is 1. The molecule has 0 aliphatic rings. The Kier molecular flexibility index (Phi) is 12.1. The molecule has 4 aromatic carbocycles. The summed E-state index contributed by atoms with van der Waals surface area (Å²) in [6, 6.07) is 24.0. The Morgan fingerprint density at radius 1 is 0.854 bits per heavy atom. The van der Waals surface area contributed by atoms with Gasteiger partial charge in [0, 0.05) is 42.4 Å². The Morgan fingerprint density at radius 2 is 1.44 bits per heavy atom. The first kappa shape index (κ1) is 34.4. The first-order valence-corrected chi connectivity index (χ1v) is 14.4. The minimum atomic E-state index is -0.337. The van der Waals surface area contributed by atoms with E-state index in [4.69, 9.17) is 0 Å². The van der Waals surface area contributed by atoms with Gasteiger partial charge >= 0.3 is 0 Å². The SMILES string of the molecule is CCC(C)(CC)C(=O)C=C(O)C(C)(CC)CC.Cc1[c-]c(-c2[c-]ccc3c2ccc2c(F)cccc23)cc(C)c1.[Ir]. The van der Waals surface area contributed by atoms with Gasteiger partial charge in [-0.2, -0.15) is 24.3 Å². The van der Waals surface area contributed by atoms with Crippen LogP contribution in [0.15, 0.2) is 66.4 Å². The number of benzene rings is 4. The van der Waals surface area contributed by atoms with E-state index in [1.54, 1.807) is 6.07 Å². The first-order valence-electron chi connectivity index (χ1n) is 14.4. The third-order valence-corrected chi connectivity index (χ3v) is 8.82. The number of hydrogen-bond acceptors (Lipinski definition) is 2. The van der Waals surface area contributed by atoms with Gasteiger partial charge in [0.2, 0.25) is 0 Å².